The lowest BCUT2D eigenvalue weighted by Crippen LogP contribution is -2.33. The van der Waals surface area contributed by atoms with Gasteiger partial charge in [-0.25, -0.2) is 0 Å². The molecule has 2 rings (SSSR count). The second-order valence-electron chi connectivity index (χ2n) is 6.74. The zero-order chi connectivity index (χ0) is 18.6. The summed E-state index contributed by atoms with van der Waals surface area (Å²) in [7, 11) is 1.80. The second-order valence-corrected chi connectivity index (χ2v) is 6.74. The Morgan fingerprint density at radius 3 is 2.12 bits per heavy atom. The molecule has 0 N–H and O–H groups in total. The number of rotatable bonds is 6. The molecule has 0 saturated heterocycles. The molecular formula is C21H26N2O2. The molecule has 0 aliphatic rings. The number of carbonyl (C=O) groups is 2. The average Bonchev–Trinajstić information content (AvgIpc) is 2.65. The molecule has 0 spiro atoms. The van der Waals surface area contributed by atoms with E-state index in [-0.39, 0.29) is 29.6 Å². The smallest absolute Gasteiger partial charge is 0.230 e. The van der Waals surface area contributed by atoms with E-state index in [4.69, 9.17) is 0 Å². The first-order chi connectivity index (χ1) is 11.8. The average molecular weight is 338 g/mol. The largest absolute Gasteiger partial charge is 0.337 e. The third-order valence-corrected chi connectivity index (χ3v) is 4.63. The molecule has 25 heavy (non-hydrogen) atoms. The van der Waals surface area contributed by atoms with E-state index in [1.807, 2.05) is 70.2 Å². The lowest BCUT2D eigenvalue weighted by molar-refractivity contribution is -0.133. The minimum atomic E-state index is -0.278. The molecule has 0 unspecified atom stereocenters. The van der Waals surface area contributed by atoms with Crippen LogP contribution in [0.5, 0.6) is 0 Å². The summed E-state index contributed by atoms with van der Waals surface area (Å²) in [6.07, 6.45) is 1.73. The molecule has 1 heterocycles. The van der Waals surface area contributed by atoms with Crippen molar-refractivity contribution in [3.8, 4) is 0 Å². The van der Waals surface area contributed by atoms with Gasteiger partial charge in [-0.05, 0) is 31.5 Å². The van der Waals surface area contributed by atoms with Crippen LogP contribution in [0, 0.1) is 5.92 Å². The van der Waals surface area contributed by atoms with Crippen molar-refractivity contribution in [1.82, 2.24) is 9.88 Å². The number of nitrogens with zero attached hydrogens (tertiary/aromatic N) is 2. The fourth-order valence-electron chi connectivity index (χ4n) is 2.73. The SMILES string of the molecule is CC(C)C(=O)c1ccc([C@H](C)C(=O)N(C)[C@H](C)c2ccccn2)cc1. The number of likely N-dealkylation sites (N-methyl/N-ethyl adjacent to an activating group) is 1. The molecule has 0 radical (unpaired) electrons. The van der Waals surface area contributed by atoms with Gasteiger partial charge in [0, 0.05) is 24.7 Å². The number of amides is 1. The maximum absolute atomic E-state index is 12.8. The maximum Gasteiger partial charge on any atom is 0.230 e. The van der Waals surface area contributed by atoms with Crippen LogP contribution in [-0.4, -0.2) is 28.6 Å². The van der Waals surface area contributed by atoms with Crippen LogP contribution in [0.3, 0.4) is 0 Å². The molecule has 4 nitrogen and oxygen atoms in total. The van der Waals surface area contributed by atoms with Crippen LogP contribution >= 0.6 is 0 Å². The van der Waals surface area contributed by atoms with Crippen LogP contribution in [0.2, 0.25) is 0 Å². The number of hydrogen-bond acceptors (Lipinski definition) is 3. The number of aromatic nitrogens is 1. The predicted molar refractivity (Wildman–Crippen MR) is 99.4 cm³/mol. The molecule has 1 amide bonds. The number of benzene rings is 1. The predicted octanol–water partition coefficient (Wildman–Crippen LogP) is 4.24. The summed E-state index contributed by atoms with van der Waals surface area (Å²) in [5, 5.41) is 0. The van der Waals surface area contributed by atoms with E-state index >= 15 is 0 Å². The topological polar surface area (TPSA) is 50.3 Å². The Labute approximate surface area is 149 Å². The van der Waals surface area contributed by atoms with Crippen molar-refractivity contribution in [2.75, 3.05) is 7.05 Å². The van der Waals surface area contributed by atoms with E-state index < -0.39 is 0 Å². The molecule has 2 aromatic rings. The van der Waals surface area contributed by atoms with Gasteiger partial charge in [-0.3, -0.25) is 14.6 Å². The Hall–Kier alpha value is -2.49. The molecule has 0 aliphatic carbocycles. The lowest BCUT2D eigenvalue weighted by Gasteiger charge is -2.27. The fraction of sp³-hybridized carbons (Fsp3) is 0.381. The monoisotopic (exact) mass is 338 g/mol. The van der Waals surface area contributed by atoms with Gasteiger partial charge in [0.25, 0.3) is 0 Å². The van der Waals surface area contributed by atoms with Gasteiger partial charge in [0.05, 0.1) is 17.7 Å². The van der Waals surface area contributed by atoms with Gasteiger partial charge in [-0.1, -0.05) is 44.2 Å². The molecule has 0 fully saturated rings. The molecule has 0 saturated carbocycles. The van der Waals surface area contributed by atoms with E-state index in [0.717, 1.165) is 11.3 Å². The van der Waals surface area contributed by atoms with Gasteiger partial charge < -0.3 is 4.90 Å². The van der Waals surface area contributed by atoms with Crippen LogP contribution < -0.4 is 0 Å². The number of carbonyl (C=O) groups excluding carboxylic acids is 2. The maximum atomic E-state index is 12.8. The minimum absolute atomic E-state index is 0.0288. The Morgan fingerprint density at radius 1 is 0.960 bits per heavy atom. The number of hydrogen-bond donors (Lipinski definition) is 0. The third-order valence-electron chi connectivity index (χ3n) is 4.63. The summed E-state index contributed by atoms with van der Waals surface area (Å²) in [4.78, 5) is 30.9. The van der Waals surface area contributed by atoms with Gasteiger partial charge in [0.2, 0.25) is 5.91 Å². The molecule has 0 bridgehead atoms. The van der Waals surface area contributed by atoms with Gasteiger partial charge >= 0.3 is 0 Å². The summed E-state index contributed by atoms with van der Waals surface area (Å²) in [5.41, 5.74) is 2.46. The van der Waals surface area contributed by atoms with Crippen molar-refractivity contribution in [2.45, 2.75) is 39.7 Å². The fourth-order valence-corrected chi connectivity index (χ4v) is 2.73. The van der Waals surface area contributed by atoms with Crippen molar-refractivity contribution in [2.24, 2.45) is 5.92 Å². The highest BCUT2D eigenvalue weighted by molar-refractivity contribution is 5.97. The van der Waals surface area contributed by atoms with Crippen molar-refractivity contribution in [1.29, 1.82) is 0 Å². The molecule has 2 atom stereocenters. The van der Waals surface area contributed by atoms with Crippen molar-refractivity contribution in [3.05, 3.63) is 65.5 Å². The Balaban J connectivity index is 2.12. The van der Waals surface area contributed by atoms with Crippen molar-refractivity contribution < 1.29 is 9.59 Å². The standard InChI is InChI=1S/C21H26N2O2/c1-14(2)20(24)18-11-9-17(10-12-18)15(3)21(25)23(5)16(4)19-8-6-7-13-22-19/h6-16H,1-5H3/t15-,16+/m0/s1. The minimum Gasteiger partial charge on any atom is -0.337 e. The lowest BCUT2D eigenvalue weighted by atomic mass is 9.95. The number of pyridine rings is 1. The van der Waals surface area contributed by atoms with Gasteiger partial charge in [-0.2, -0.15) is 0 Å². The summed E-state index contributed by atoms with van der Waals surface area (Å²) in [5.74, 6) is -0.165. The Morgan fingerprint density at radius 2 is 1.60 bits per heavy atom. The van der Waals surface area contributed by atoms with Gasteiger partial charge in [0.15, 0.2) is 5.78 Å². The molecule has 0 aliphatic heterocycles. The molecular weight excluding hydrogens is 312 g/mol. The first kappa shape index (κ1) is 18.8. The van der Waals surface area contributed by atoms with Gasteiger partial charge in [0.1, 0.15) is 0 Å². The summed E-state index contributed by atoms with van der Waals surface area (Å²) < 4.78 is 0. The van der Waals surface area contributed by atoms with Crippen LogP contribution in [0.25, 0.3) is 0 Å². The summed E-state index contributed by atoms with van der Waals surface area (Å²) in [6, 6.07) is 13.0. The van der Waals surface area contributed by atoms with Crippen molar-refractivity contribution >= 4 is 11.7 Å². The zero-order valence-corrected chi connectivity index (χ0v) is 15.6. The highest BCUT2D eigenvalue weighted by Crippen LogP contribution is 2.24. The van der Waals surface area contributed by atoms with Crippen LogP contribution in [0.4, 0.5) is 0 Å². The van der Waals surface area contributed by atoms with Crippen LogP contribution in [0.1, 0.15) is 61.3 Å². The van der Waals surface area contributed by atoms with E-state index in [1.165, 1.54) is 0 Å². The first-order valence-electron chi connectivity index (χ1n) is 8.64. The molecule has 132 valence electrons. The van der Waals surface area contributed by atoms with E-state index in [0.29, 0.717) is 5.56 Å². The normalized spacial score (nSPS) is 13.4. The van der Waals surface area contributed by atoms with Gasteiger partial charge in [-0.15, -0.1) is 0 Å². The number of Topliss-reactive ketones (excluding diaryl/α,β-unsaturated/α-hetero) is 1. The Bertz CT molecular complexity index is 723. The summed E-state index contributed by atoms with van der Waals surface area (Å²) >= 11 is 0. The quantitative estimate of drug-likeness (QED) is 0.740. The zero-order valence-electron chi connectivity index (χ0n) is 15.6. The summed E-state index contributed by atoms with van der Waals surface area (Å²) in [6.45, 7) is 7.63. The Kier molecular flexibility index (Phi) is 6.07. The molecule has 1 aromatic carbocycles. The van der Waals surface area contributed by atoms with E-state index in [1.54, 1.807) is 18.1 Å². The third kappa shape index (κ3) is 4.32. The van der Waals surface area contributed by atoms with E-state index in [2.05, 4.69) is 4.98 Å². The highest BCUT2D eigenvalue weighted by atomic mass is 16.2. The van der Waals surface area contributed by atoms with E-state index in [9.17, 15) is 9.59 Å². The molecule has 4 heteroatoms. The second kappa shape index (κ2) is 8.06. The molecule has 1 aromatic heterocycles. The first-order valence-corrected chi connectivity index (χ1v) is 8.64. The van der Waals surface area contributed by atoms with Crippen LogP contribution in [-0.2, 0) is 4.79 Å². The van der Waals surface area contributed by atoms with Crippen LogP contribution in [0.15, 0.2) is 48.7 Å². The number of ketones is 1. The van der Waals surface area contributed by atoms with Crippen molar-refractivity contribution in [3.63, 3.8) is 0 Å². The highest BCUT2D eigenvalue weighted by Gasteiger charge is 2.24.